The largest absolute Gasteiger partial charge is 0.394 e. The second kappa shape index (κ2) is 10.2. The first-order valence-corrected chi connectivity index (χ1v) is 11.1. The lowest BCUT2D eigenvalue weighted by atomic mass is 9.97. The lowest BCUT2D eigenvalue weighted by Crippen LogP contribution is -2.61. The van der Waals surface area contributed by atoms with Gasteiger partial charge < -0.3 is 25.4 Å². The van der Waals surface area contributed by atoms with Crippen molar-refractivity contribution in [1.82, 2.24) is 5.32 Å². The topological polar surface area (TPSA) is 118 Å². The van der Waals surface area contributed by atoms with Crippen molar-refractivity contribution in [3.63, 3.8) is 0 Å². The van der Waals surface area contributed by atoms with E-state index < -0.39 is 36.4 Å². The molecule has 0 bridgehead atoms. The Bertz CT molecular complexity index is 869. The van der Waals surface area contributed by atoms with Gasteiger partial charge in [0.05, 0.1) is 22.7 Å². The quantitative estimate of drug-likeness (QED) is 0.390. The van der Waals surface area contributed by atoms with Crippen molar-refractivity contribution in [3.8, 4) is 0 Å². The molecular weight excluding hydrogens is 457 g/mol. The van der Waals surface area contributed by atoms with Crippen LogP contribution in [0.25, 0.3) is 5.70 Å². The molecule has 7 nitrogen and oxygen atoms in total. The first kappa shape index (κ1) is 22.5. The standard InChI is InChI=1S/C18H19Cl2N3O4S2/c19-11-2-1-10(5-12(11)20)29-18-17(26)15(16(25)14(7-24)27-18)22-6-13(23-21)9-3-4-28-8-9/h1-6,8,14-18,21-22,24-26H,7H2/b13-6-,23-21?/t14?,15?,16-,17?,18+/m0/s1. The van der Waals surface area contributed by atoms with Crippen molar-refractivity contribution >= 4 is 52.0 Å². The summed E-state index contributed by atoms with van der Waals surface area (Å²) in [6.45, 7) is -0.422. The summed E-state index contributed by atoms with van der Waals surface area (Å²) >= 11 is 14.7. The number of hydrogen-bond acceptors (Lipinski definition) is 9. The van der Waals surface area contributed by atoms with E-state index in [4.69, 9.17) is 33.5 Å². The third-order valence-corrected chi connectivity index (χ3v) is 6.95. The van der Waals surface area contributed by atoms with Gasteiger partial charge in [0, 0.05) is 22.0 Å². The molecule has 0 amide bonds. The maximum absolute atomic E-state index is 10.8. The molecule has 3 rings (SSSR count). The molecule has 0 saturated carbocycles. The molecule has 1 aromatic heterocycles. The number of hydrogen-bond donors (Lipinski definition) is 5. The van der Waals surface area contributed by atoms with Crippen LogP contribution in [0.2, 0.25) is 10.0 Å². The fourth-order valence-electron chi connectivity index (χ4n) is 2.83. The minimum atomic E-state index is -1.17. The van der Waals surface area contributed by atoms with E-state index in [1.54, 1.807) is 18.2 Å². The van der Waals surface area contributed by atoms with Crippen LogP contribution < -0.4 is 5.32 Å². The fraction of sp³-hybridized carbons (Fsp3) is 0.333. The molecule has 0 radical (unpaired) electrons. The van der Waals surface area contributed by atoms with Crippen molar-refractivity contribution in [1.29, 1.82) is 5.53 Å². The predicted molar refractivity (Wildman–Crippen MR) is 114 cm³/mol. The van der Waals surface area contributed by atoms with Crippen LogP contribution in [0.15, 0.2) is 51.2 Å². The monoisotopic (exact) mass is 475 g/mol. The highest BCUT2D eigenvalue weighted by molar-refractivity contribution is 7.99. The second-order valence-corrected chi connectivity index (χ2v) is 9.01. The number of aliphatic hydroxyl groups excluding tert-OH is 3. The summed E-state index contributed by atoms with van der Waals surface area (Å²) in [6.07, 6.45) is -1.74. The SMILES string of the molecule is N=N/C(=C\NC1C(O)[C@@H](Sc2ccc(Cl)c(Cl)c2)OC(CO)[C@@H]1O)c1ccsc1. The van der Waals surface area contributed by atoms with Gasteiger partial charge in [-0.15, -0.1) is 0 Å². The van der Waals surface area contributed by atoms with E-state index >= 15 is 0 Å². The van der Waals surface area contributed by atoms with E-state index in [9.17, 15) is 15.3 Å². The van der Waals surface area contributed by atoms with Gasteiger partial charge in [-0.25, -0.2) is 5.53 Å². The molecule has 1 aliphatic rings. The van der Waals surface area contributed by atoms with E-state index in [0.29, 0.717) is 20.6 Å². The summed E-state index contributed by atoms with van der Waals surface area (Å²) in [5, 5.41) is 41.8. The summed E-state index contributed by atoms with van der Waals surface area (Å²) in [4.78, 5) is 0.714. The number of nitrogens with zero attached hydrogens (tertiary/aromatic N) is 1. The molecule has 1 aliphatic heterocycles. The van der Waals surface area contributed by atoms with E-state index in [2.05, 4.69) is 10.4 Å². The molecular formula is C18H19Cl2N3O4S2. The highest BCUT2D eigenvalue weighted by Gasteiger charge is 2.44. The van der Waals surface area contributed by atoms with Crippen LogP contribution in [0.5, 0.6) is 0 Å². The summed E-state index contributed by atoms with van der Waals surface area (Å²) in [5.74, 6) is 0. The van der Waals surface area contributed by atoms with Gasteiger partial charge in [-0.2, -0.15) is 16.5 Å². The lowest BCUT2D eigenvalue weighted by molar-refractivity contribution is -0.164. The molecule has 11 heteroatoms. The maximum Gasteiger partial charge on any atom is 0.136 e. The first-order chi connectivity index (χ1) is 13.9. The highest BCUT2D eigenvalue weighted by atomic mass is 35.5. The van der Waals surface area contributed by atoms with E-state index in [1.165, 1.54) is 29.3 Å². The minimum Gasteiger partial charge on any atom is -0.394 e. The van der Waals surface area contributed by atoms with Crippen LogP contribution in [-0.2, 0) is 4.74 Å². The van der Waals surface area contributed by atoms with Gasteiger partial charge in [0.2, 0.25) is 0 Å². The van der Waals surface area contributed by atoms with Gasteiger partial charge in [-0.05, 0) is 29.6 Å². The molecule has 2 heterocycles. The fourth-order valence-corrected chi connectivity index (χ4v) is 4.95. The van der Waals surface area contributed by atoms with Gasteiger partial charge in [-0.3, -0.25) is 0 Å². The molecule has 29 heavy (non-hydrogen) atoms. The first-order valence-electron chi connectivity index (χ1n) is 8.55. The summed E-state index contributed by atoms with van der Waals surface area (Å²) in [6, 6.07) is 5.99. The van der Waals surface area contributed by atoms with Crippen LogP contribution in [0.4, 0.5) is 0 Å². The van der Waals surface area contributed by atoms with Crippen LogP contribution in [0, 0.1) is 5.53 Å². The van der Waals surface area contributed by atoms with E-state index in [0.717, 1.165) is 5.56 Å². The number of thioether (sulfide) groups is 1. The normalized spacial score (nSPS) is 27.6. The van der Waals surface area contributed by atoms with Crippen molar-refractivity contribution in [2.45, 2.75) is 34.7 Å². The van der Waals surface area contributed by atoms with Gasteiger partial charge in [0.25, 0.3) is 0 Å². The average molecular weight is 476 g/mol. The van der Waals surface area contributed by atoms with Crippen molar-refractivity contribution < 1.29 is 20.1 Å². The Morgan fingerprint density at radius 3 is 2.69 bits per heavy atom. The molecule has 1 fully saturated rings. The molecule has 5 atom stereocenters. The van der Waals surface area contributed by atoms with Gasteiger partial charge >= 0.3 is 0 Å². The van der Waals surface area contributed by atoms with Gasteiger partial charge in [0.15, 0.2) is 0 Å². The molecule has 0 aliphatic carbocycles. The Kier molecular flexibility index (Phi) is 7.94. The van der Waals surface area contributed by atoms with Gasteiger partial charge in [-0.1, -0.05) is 35.0 Å². The van der Waals surface area contributed by atoms with Gasteiger partial charge in [0.1, 0.15) is 29.4 Å². The van der Waals surface area contributed by atoms with Crippen LogP contribution in [-0.4, -0.2) is 51.7 Å². The third kappa shape index (κ3) is 5.31. The Labute approximate surface area is 185 Å². The molecule has 1 aromatic carbocycles. The zero-order chi connectivity index (χ0) is 21.0. The predicted octanol–water partition coefficient (Wildman–Crippen LogP) is 3.57. The second-order valence-electron chi connectivity index (χ2n) is 6.25. The molecule has 1 saturated heterocycles. The number of nitrogens with one attached hydrogen (secondary N) is 2. The Morgan fingerprint density at radius 1 is 1.28 bits per heavy atom. The number of benzene rings is 1. The van der Waals surface area contributed by atoms with Crippen molar-refractivity contribution in [2.75, 3.05) is 6.61 Å². The molecule has 3 unspecified atom stereocenters. The average Bonchev–Trinajstić information content (AvgIpc) is 3.24. The number of ether oxygens (including phenoxy) is 1. The summed E-state index contributed by atoms with van der Waals surface area (Å²) in [5.41, 5.74) is 7.68. The number of rotatable bonds is 7. The zero-order valence-corrected chi connectivity index (χ0v) is 18.0. The number of aliphatic hydroxyl groups is 3. The molecule has 2 aromatic rings. The summed E-state index contributed by atoms with van der Waals surface area (Å²) in [7, 11) is 0. The minimum absolute atomic E-state index is 0.353. The van der Waals surface area contributed by atoms with Crippen LogP contribution >= 0.6 is 46.3 Å². The van der Waals surface area contributed by atoms with E-state index in [1.807, 2.05) is 16.8 Å². The highest BCUT2D eigenvalue weighted by Crippen LogP contribution is 2.36. The Balaban J connectivity index is 1.79. The smallest absolute Gasteiger partial charge is 0.136 e. The third-order valence-electron chi connectivity index (χ3n) is 4.38. The summed E-state index contributed by atoms with van der Waals surface area (Å²) < 4.78 is 5.69. The number of thiophene rings is 1. The molecule has 156 valence electrons. The van der Waals surface area contributed by atoms with E-state index in [-0.39, 0.29) is 0 Å². The zero-order valence-electron chi connectivity index (χ0n) is 14.9. The van der Waals surface area contributed by atoms with Crippen LogP contribution in [0.1, 0.15) is 5.56 Å². The van der Waals surface area contributed by atoms with Crippen molar-refractivity contribution in [3.05, 3.63) is 56.8 Å². The lowest BCUT2D eigenvalue weighted by Gasteiger charge is -2.42. The number of halogens is 2. The Morgan fingerprint density at radius 2 is 2.07 bits per heavy atom. The molecule has 0 spiro atoms. The Hall–Kier alpha value is -1.17. The van der Waals surface area contributed by atoms with Crippen LogP contribution in [0.3, 0.4) is 0 Å². The van der Waals surface area contributed by atoms with Crippen molar-refractivity contribution in [2.24, 2.45) is 5.11 Å². The molecule has 5 N–H and O–H groups in total. The maximum atomic E-state index is 10.8.